The van der Waals surface area contributed by atoms with E-state index in [4.69, 9.17) is 4.74 Å². The van der Waals surface area contributed by atoms with Crippen LogP contribution in [0.3, 0.4) is 0 Å². The minimum atomic E-state index is -0.164. The molecule has 12 heavy (non-hydrogen) atoms. The third kappa shape index (κ3) is 0.854. The van der Waals surface area contributed by atoms with E-state index in [1.54, 1.807) is 4.90 Å². The van der Waals surface area contributed by atoms with Gasteiger partial charge in [-0.2, -0.15) is 0 Å². The Balaban J connectivity index is 1.91. The van der Waals surface area contributed by atoms with Gasteiger partial charge in [0.25, 0.3) is 0 Å². The fourth-order valence-electron chi connectivity index (χ4n) is 1.82. The zero-order chi connectivity index (χ0) is 8.72. The van der Waals surface area contributed by atoms with Crippen LogP contribution in [-0.2, 0) is 4.74 Å². The standard InChI is InChI=1S/C9H13NO2/c1-3-12-9(11)10-5-7-6(2)4-8(7)10/h4,7-8H,3,5H2,1-2H3/t7-,8+/m1/s1. The molecule has 0 N–H and O–H groups in total. The van der Waals surface area contributed by atoms with E-state index in [2.05, 4.69) is 13.0 Å². The molecule has 2 atom stereocenters. The molecule has 3 nitrogen and oxygen atoms in total. The first-order valence-electron chi connectivity index (χ1n) is 4.35. The van der Waals surface area contributed by atoms with Gasteiger partial charge in [0.15, 0.2) is 0 Å². The maximum absolute atomic E-state index is 11.2. The third-order valence-corrected chi connectivity index (χ3v) is 2.69. The first-order valence-corrected chi connectivity index (χ1v) is 4.35. The second kappa shape index (κ2) is 2.51. The minimum absolute atomic E-state index is 0.164. The minimum Gasteiger partial charge on any atom is -0.450 e. The second-order valence-electron chi connectivity index (χ2n) is 3.36. The maximum Gasteiger partial charge on any atom is 0.410 e. The third-order valence-electron chi connectivity index (χ3n) is 2.69. The van der Waals surface area contributed by atoms with E-state index < -0.39 is 0 Å². The van der Waals surface area contributed by atoms with E-state index in [0.29, 0.717) is 18.6 Å². The second-order valence-corrected chi connectivity index (χ2v) is 3.36. The summed E-state index contributed by atoms with van der Waals surface area (Å²) in [5, 5.41) is 0. The average molecular weight is 167 g/mol. The summed E-state index contributed by atoms with van der Waals surface area (Å²) in [4.78, 5) is 13.0. The van der Waals surface area contributed by atoms with Crippen molar-refractivity contribution in [3.05, 3.63) is 11.6 Å². The molecule has 1 heterocycles. The van der Waals surface area contributed by atoms with Crippen LogP contribution in [0.15, 0.2) is 11.6 Å². The first kappa shape index (κ1) is 7.65. The molecule has 0 bridgehead atoms. The van der Waals surface area contributed by atoms with Crippen LogP contribution in [0, 0.1) is 5.92 Å². The number of ether oxygens (including phenoxy) is 1. The molecule has 0 radical (unpaired) electrons. The van der Waals surface area contributed by atoms with Crippen LogP contribution in [0.4, 0.5) is 4.79 Å². The van der Waals surface area contributed by atoms with Gasteiger partial charge in [-0.05, 0) is 13.8 Å². The highest BCUT2D eigenvalue weighted by molar-refractivity contribution is 5.71. The fourth-order valence-corrected chi connectivity index (χ4v) is 1.82. The summed E-state index contributed by atoms with van der Waals surface area (Å²) in [6.07, 6.45) is 1.97. The number of likely N-dealkylation sites (tertiary alicyclic amines) is 1. The van der Waals surface area contributed by atoms with Crippen molar-refractivity contribution >= 4 is 6.09 Å². The molecule has 1 aliphatic heterocycles. The highest BCUT2D eigenvalue weighted by atomic mass is 16.6. The van der Waals surface area contributed by atoms with Crippen LogP contribution < -0.4 is 0 Å². The number of hydrogen-bond acceptors (Lipinski definition) is 2. The lowest BCUT2D eigenvalue weighted by Gasteiger charge is -2.52. The van der Waals surface area contributed by atoms with Crippen molar-refractivity contribution in [1.29, 1.82) is 0 Å². The van der Waals surface area contributed by atoms with Gasteiger partial charge in [-0.1, -0.05) is 11.6 Å². The molecule has 2 rings (SSSR count). The summed E-state index contributed by atoms with van der Waals surface area (Å²) in [5.74, 6) is 0.634. The first-order chi connectivity index (χ1) is 5.74. The number of carbonyl (C=O) groups excluding carboxylic acids is 1. The number of hydrogen-bond donors (Lipinski definition) is 0. The van der Waals surface area contributed by atoms with Gasteiger partial charge in [0.2, 0.25) is 0 Å². The Morgan fingerprint density at radius 1 is 1.83 bits per heavy atom. The van der Waals surface area contributed by atoms with Crippen molar-refractivity contribution < 1.29 is 9.53 Å². The molecule has 0 unspecified atom stereocenters. The van der Waals surface area contributed by atoms with E-state index in [-0.39, 0.29) is 6.09 Å². The largest absolute Gasteiger partial charge is 0.450 e. The molecule has 0 spiro atoms. The predicted octanol–water partition coefficient (Wildman–Crippen LogP) is 1.40. The van der Waals surface area contributed by atoms with Crippen LogP contribution >= 0.6 is 0 Å². The van der Waals surface area contributed by atoms with Crippen LogP contribution in [0.5, 0.6) is 0 Å². The molecule has 2 aliphatic rings. The summed E-state index contributed by atoms with van der Waals surface area (Å²) in [6, 6.07) is 0.351. The van der Waals surface area contributed by atoms with Gasteiger partial charge >= 0.3 is 6.09 Å². The molecular weight excluding hydrogens is 154 g/mol. The monoisotopic (exact) mass is 167 g/mol. The van der Waals surface area contributed by atoms with Crippen LogP contribution in [0.1, 0.15) is 13.8 Å². The van der Waals surface area contributed by atoms with E-state index in [0.717, 1.165) is 6.54 Å². The Morgan fingerprint density at radius 3 is 3.00 bits per heavy atom. The van der Waals surface area contributed by atoms with Gasteiger partial charge in [-0.3, -0.25) is 0 Å². The zero-order valence-electron chi connectivity index (χ0n) is 7.41. The average Bonchev–Trinajstić information content (AvgIpc) is 2.00. The van der Waals surface area contributed by atoms with Crippen molar-refractivity contribution in [1.82, 2.24) is 4.90 Å². The highest BCUT2D eigenvalue weighted by Gasteiger charge is 2.47. The lowest BCUT2D eigenvalue weighted by atomic mass is 9.73. The summed E-state index contributed by atoms with van der Waals surface area (Å²) in [7, 11) is 0. The Morgan fingerprint density at radius 2 is 2.58 bits per heavy atom. The number of amides is 1. The summed E-state index contributed by atoms with van der Waals surface area (Å²) in [6.45, 7) is 5.27. The van der Waals surface area contributed by atoms with Gasteiger partial charge in [0.1, 0.15) is 0 Å². The van der Waals surface area contributed by atoms with Gasteiger partial charge in [0.05, 0.1) is 12.6 Å². The SMILES string of the molecule is CCOC(=O)N1C[C@@H]2C(C)=C[C@@H]21. The van der Waals surface area contributed by atoms with Crippen molar-refractivity contribution in [2.75, 3.05) is 13.2 Å². The molecule has 1 saturated heterocycles. The Kier molecular flexibility index (Phi) is 1.60. The van der Waals surface area contributed by atoms with Crippen LogP contribution in [-0.4, -0.2) is 30.2 Å². The molecule has 1 fully saturated rings. The topological polar surface area (TPSA) is 29.5 Å². The zero-order valence-corrected chi connectivity index (χ0v) is 7.41. The van der Waals surface area contributed by atoms with Crippen molar-refractivity contribution in [3.8, 4) is 0 Å². The highest BCUT2D eigenvalue weighted by Crippen LogP contribution is 2.40. The summed E-state index contributed by atoms with van der Waals surface area (Å²) < 4.78 is 4.89. The Hall–Kier alpha value is -0.990. The van der Waals surface area contributed by atoms with Crippen molar-refractivity contribution in [3.63, 3.8) is 0 Å². The van der Waals surface area contributed by atoms with E-state index >= 15 is 0 Å². The fraction of sp³-hybridized carbons (Fsp3) is 0.667. The van der Waals surface area contributed by atoms with Gasteiger partial charge < -0.3 is 9.64 Å². The molecule has 1 aliphatic carbocycles. The molecule has 0 aromatic heterocycles. The van der Waals surface area contributed by atoms with E-state index in [1.165, 1.54) is 5.57 Å². The predicted molar refractivity (Wildman–Crippen MR) is 44.8 cm³/mol. The molecule has 0 aromatic carbocycles. The summed E-state index contributed by atoms with van der Waals surface area (Å²) >= 11 is 0. The Bertz CT molecular complexity index is 247. The van der Waals surface area contributed by atoms with Gasteiger partial charge in [0, 0.05) is 12.5 Å². The number of nitrogens with zero attached hydrogens (tertiary/aromatic N) is 1. The van der Waals surface area contributed by atoms with E-state index in [1.807, 2.05) is 6.92 Å². The van der Waals surface area contributed by atoms with Crippen LogP contribution in [0.25, 0.3) is 0 Å². The summed E-state index contributed by atoms with van der Waals surface area (Å²) in [5.41, 5.74) is 1.42. The van der Waals surface area contributed by atoms with Crippen molar-refractivity contribution in [2.45, 2.75) is 19.9 Å². The lowest BCUT2D eigenvalue weighted by molar-refractivity contribution is 0.0266. The smallest absolute Gasteiger partial charge is 0.410 e. The van der Waals surface area contributed by atoms with E-state index in [9.17, 15) is 4.79 Å². The maximum atomic E-state index is 11.2. The number of rotatable bonds is 1. The molecular formula is C9H13NO2. The van der Waals surface area contributed by atoms with Crippen molar-refractivity contribution in [2.24, 2.45) is 5.92 Å². The molecule has 66 valence electrons. The lowest BCUT2D eigenvalue weighted by Crippen LogP contribution is -2.62. The molecule has 1 amide bonds. The van der Waals surface area contributed by atoms with Crippen LogP contribution in [0.2, 0.25) is 0 Å². The number of fused-ring (bicyclic) bond motifs is 1. The quantitative estimate of drug-likeness (QED) is 0.552. The molecule has 0 saturated carbocycles. The molecule has 3 heteroatoms. The van der Waals surface area contributed by atoms with Gasteiger partial charge in [-0.15, -0.1) is 0 Å². The number of carbonyl (C=O) groups is 1. The Labute approximate surface area is 72.0 Å². The normalized spacial score (nSPS) is 31.2. The van der Waals surface area contributed by atoms with Gasteiger partial charge in [-0.25, -0.2) is 4.79 Å². The molecule has 0 aromatic rings.